The van der Waals surface area contributed by atoms with E-state index in [2.05, 4.69) is 5.32 Å². The lowest BCUT2D eigenvalue weighted by Gasteiger charge is -2.12. The molecule has 1 aromatic heterocycles. The summed E-state index contributed by atoms with van der Waals surface area (Å²) in [6, 6.07) is 17.3. The molecule has 0 saturated carbocycles. The fraction of sp³-hybridized carbons (Fsp3) is 0.231. The third-order valence-electron chi connectivity index (χ3n) is 5.17. The molecule has 166 valence electrons. The molecular weight excluding hydrogens is 404 g/mol. The molecule has 2 aromatic carbocycles. The van der Waals surface area contributed by atoms with Crippen molar-refractivity contribution in [2.45, 2.75) is 27.3 Å². The molecule has 1 amide bonds. The van der Waals surface area contributed by atoms with E-state index in [1.807, 2.05) is 65.4 Å². The second-order valence-corrected chi connectivity index (χ2v) is 7.25. The molecule has 6 heteroatoms. The number of hydrogen-bond acceptors (Lipinski definition) is 4. The third-order valence-corrected chi connectivity index (χ3v) is 5.17. The van der Waals surface area contributed by atoms with Crippen molar-refractivity contribution in [2.75, 3.05) is 19.0 Å². The van der Waals surface area contributed by atoms with Crippen LogP contribution in [0.15, 0.2) is 72.4 Å². The van der Waals surface area contributed by atoms with Crippen molar-refractivity contribution in [3.63, 3.8) is 0 Å². The zero-order chi connectivity index (χ0) is 23.1. The monoisotopic (exact) mass is 432 g/mol. The number of benzene rings is 2. The Hall–Kier alpha value is -3.80. The Kier molecular flexibility index (Phi) is 7.49. The van der Waals surface area contributed by atoms with Gasteiger partial charge in [-0.1, -0.05) is 48.5 Å². The largest absolute Gasteiger partial charge is 0.497 e. The molecule has 1 N–H and O–H groups in total. The van der Waals surface area contributed by atoms with Gasteiger partial charge in [0.2, 0.25) is 0 Å². The molecule has 0 spiro atoms. The Balaban J connectivity index is 2.19. The van der Waals surface area contributed by atoms with E-state index in [9.17, 15) is 9.59 Å². The molecular formula is C26H28N2O4. The summed E-state index contributed by atoms with van der Waals surface area (Å²) in [5.41, 5.74) is 3.88. The van der Waals surface area contributed by atoms with E-state index in [1.165, 1.54) is 0 Å². The van der Waals surface area contributed by atoms with Crippen LogP contribution in [0.5, 0.6) is 5.75 Å². The number of carbonyl (C=O) groups is 2. The summed E-state index contributed by atoms with van der Waals surface area (Å²) in [5, 5.41) is 2.94. The number of carbonyl (C=O) groups excluding carboxylic acids is 2. The Morgan fingerprint density at radius 3 is 2.34 bits per heavy atom. The van der Waals surface area contributed by atoms with Crippen LogP contribution in [0, 0.1) is 0 Å². The smallest absolute Gasteiger partial charge is 0.357 e. The van der Waals surface area contributed by atoms with Crippen molar-refractivity contribution < 1.29 is 19.1 Å². The maximum absolute atomic E-state index is 13.0. The second-order valence-electron chi connectivity index (χ2n) is 7.25. The Labute approximate surface area is 188 Å². The van der Waals surface area contributed by atoms with Gasteiger partial charge >= 0.3 is 5.97 Å². The van der Waals surface area contributed by atoms with Gasteiger partial charge in [0.25, 0.3) is 5.91 Å². The normalized spacial score (nSPS) is 11.2. The molecule has 0 bridgehead atoms. The predicted octanol–water partition coefficient (Wildman–Crippen LogP) is 5.29. The molecule has 0 aliphatic carbocycles. The summed E-state index contributed by atoms with van der Waals surface area (Å²) in [5.74, 6) is -0.0414. The predicted molar refractivity (Wildman–Crippen MR) is 126 cm³/mol. The number of anilines is 1. The number of esters is 1. The minimum atomic E-state index is -0.489. The van der Waals surface area contributed by atoms with Gasteiger partial charge in [-0.3, -0.25) is 4.79 Å². The Morgan fingerprint density at radius 1 is 1.06 bits per heavy atom. The van der Waals surface area contributed by atoms with Crippen LogP contribution in [-0.4, -0.2) is 30.2 Å². The highest BCUT2D eigenvalue weighted by molar-refractivity contribution is 6.10. The first kappa shape index (κ1) is 22.9. The number of ether oxygens (including phenoxy) is 2. The van der Waals surface area contributed by atoms with E-state index >= 15 is 0 Å². The topological polar surface area (TPSA) is 69.6 Å². The van der Waals surface area contributed by atoms with E-state index in [-0.39, 0.29) is 12.5 Å². The molecule has 0 aliphatic heterocycles. The van der Waals surface area contributed by atoms with Crippen molar-refractivity contribution >= 4 is 17.6 Å². The van der Waals surface area contributed by atoms with E-state index in [4.69, 9.17) is 9.47 Å². The molecule has 3 rings (SSSR count). The number of hydrogen-bond donors (Lipinski definition) is 1. The highest BCUT2D eigenvalue weighted by Gasteiger charge is 2.25. The van der Waals surface area contributed by atoms with Gasteiger partial charge in [0.1, 0.15) is 5.75 Å². The van der Waals surface area contributed by atoms with E-state index in [0.717, 1.165) is 22.4 Å². The number of nitrogens with one attached hydrogen (secondary N) is 1. The molecule has 0 atom stereocenters. The minimum absolute atomic E-state index is 0.231. The molecule has 3 aromatic rings. The van der Waals surface area contributed by atoms with Crippen molar-refractivity contribution in [1.82, 2.24) is 4.57 Å². The fourth-order valence-electron chi connectivity index (χ4n) is 3.34. The molecule has 6 nitrogen and oxygen atoms in total. The third kappa shape index (κ3) is 5.09. The van der Waals surface area contributed by atoms with Crippen molar-refractivity contribution in [2.24, 2.45) is 0 Å². The lowest BCUT2D eigenvalue weighted by molar-refractivity contribution is -0.112. The molecule has 0 radical (unpaired) electrons. The molecule has 0 aliphatic rings. The summed E-state index contributed by atoms with van der Waals surface area (Å²) in [4.78, 5) is 25.8. The van der Waals surface area contributed by atoms with E-state index in [0.29, 0.717) is 23.5 Å². The summed E-state index contributed by atoms with van der Waals surface area (Å²) in [6.07, 6.45) is 3.61. The zero-order valence-corrected chi connectivity index (χ0v) is 18.8. The van der Waals surface area contributed by atoms with Crippen LogP contribution in [-0.2, 0) is 16.1 Å². The van der Waals surface area contributed by atoms with Crippen LogP contribution in [0.1, 0.15) is 36.8 Å². The van der Waals surface area contributed by atoms with Gasteiger partial charge < -0.3 is 19.4 Å². The van der Waals surface area contributed by atoms with Crippen molar-refractivity contribution in [3.05, 3.63) is 83.7 Å². The summed E-state index contributed by atoms with van der Waals surface area (Å²) in [6.45, 7) is 5.97. The maximum Gasteiger partial charge on any atom is 0.357 e. The van der Waals surface area contributed by atoms with Gasteiger partial charge in [-0.25, -0.2) is 4.79 Å². The zero-order valence-electron chi connectivity index (χ0n) is 18.8. The van der Waals surface area contributed by atoms with Gasteiger partial charge in [-0.15, -0.1) is 0 Å². The fourth-order valence-corrected chi connectivity index (χ4v) is 3.34. The quantitative estimate of drug-likeness (QED) is 0.388. The average molecular weight is 433 g/mol. The highest BCUT2D eigenvalue weighted by atomic mass is 16.5. The lowest BCUT2D eigenvalue weighted by atomic mass is 10.1. The molecule has 0 saturated heterocycles. The van der Waals surface area contributed by atoms with Crippen molar-refractivity contribution in [3.8, 4) is 16.9 Å². The highest BCUT2D eigenvalue weighted by Crippen LogP contribution is 2.35. The maximum atomic E-state index is 13.0. The van der Waals surface area contributed by atoms with Crippen LogP contribution in [0.25, 0.3) is 11.1 Å². The first-order chi connectivity index (χ1) is 15.5. The van der Waals surface area contributed by atoms with Crippen LogP contribution >= 0.6 is 0 Å². The Morgan fingerprint density at radius 2 is 1.75 bits per heavy atom. The minimum Gasteiger partial charge on any atom is -0.497 e. The summed E-state index contributed by atoms with van der Waals surface area (Å²) >= 11 is 0. The molecule has 1 heterocycles. The number of rotatable bonds is 8. The number of methoxy groups -OCH3 is 1. The van der Waals surface area contributed by atoms with Crippen LogP contribution in [0.4, 0.5) is 5.69 Å². The van der Waals surface area contributed by atoms with Gasteiger partial charge in [0, 0.05) is 23.9 Å². The molecule has 0 unspecified atom stereocenters. The molecule has 0 fully saturated rings. The summed E-state index contributed by atoms with van der Waals surface area (Å²) in [7, 11) is 1.61. The number of allylic oxidation sites excluding steroid dienone is 1. The van der Waals surface area contributed by atoms with Crippen LogP contribution < -0.4 is 10.1 Å². The van der Waals surface area contributed by atoms with Crippen molar-refractivity contribution in [1.29, 1.82) is 0 Å². The van der Waals surface area contributed by atoms with Gasteiger partial charge in [-0.05, 0) is 44.0 Å². The SMILES string of the molecule is CC=C(C)C(=O)Nc1c(-c2ccc(OC)cc2)cn(Cc2ccccc2)c1C(=O)OCC. The number of amides is 1. The Bertz CT molecular complexity index is 1110. The summed E-state index contributed by atoms with van der Waals surface area (Å²) < 4.78 is 12.4. The standard InChI is InChI=1S/C26H28N2O4/c1-5-18(3)25(29)27-23-22(20-12-14-21(31-4)15-13-20)17-28(24(23)26(30)32-6-2)16-19-10-8-7-9-11-19/h5,7-15,17H,6,16H2,1-4H3,(H,27,29). The first-order valence-corrected chi connectivity index (χ1v) is 10.5. The number of aromatic nitrogens is 1. The van der Waals surface area contributed by atoms with Crippen LogP contribution in [0.3, 0.4) is 0 Å². The van der Waals surface area contributed by atoms with E-state index < -0.39 is 5.97 Å². The van der Waals surface area contributed by atoms with Gasteiger partial charge in [0.15, 0.2) is 5.69 Å². The first-order valence-electron chi connectivity index (χ1n) is 10.5. The lowest BCUT2D eigenvalue weighted by Crippen LogP contribution is -2.18. The number of nitrogens with zero attached hydrogens (tertiary/aromatic N) is 1. The van der Waals surface area contributed by atoms with E-state index in [1.54, 1.807) is 34.0 Å². The average Bonchev–Trinajstić information content (AvgIpc) is 3.16. The van der Waals surface area contributed by atoms with Gasteiger partial charge in [0.05, 0.1) is 19.4 Å². The molecule has 32 heavy (non-hydrogen) atoms. The second kappa shape index (κ2) is 10.5. The van der Waals surface area contributed by atoms with Crippen LogP contribution in [0.2, 0.25) is 0 Å². The van der Waals surface area contributed by atoms with Gasteiger partial charge in [-0.2, -0.15) is 0 Å².